The number of hydrogen-bond donors (Lipinski definition) is 2. The Morgan fingerprint density at radius 1 is 1.33 bits per heavy atom. The molecule has 1 aromatic carbocycles. The van der Waals surface area contributed by atoms with Crippen LogP contribution in [0.25, 0.3) is 10.3 Å². The summed E-state index contributed by atoms with van der Waals surface area (Å²) in [6.07, 6.45) is 0. The van der Waals surface area contributed by atoms with E-state index in [9.17, 15) is 9.18 Å². The van der Waals surface area contributed by atoms with Gasteiger partial charge >= 0.3 is 6.03 Å². The van der Waals surface area contributed by atoms with Gasteiger partial charge in [0.15, 0.2) is 5.13 Å². The summed E-state index contributed by atoms with van der Waals surface area (Å²) in [7, 11) is 3.27. The summed E-state index contributed by atoms with van der Waals surface area (Å²) in [5, 5.41) is 6.06. The smallest absolute Gasteiger partial charge is 0.321 e. The Balaban J connectivity index is 1.78. The highest BCUT2D eigenvalue weighted by Crippen LogP contribution is 2.30. The molecule has 2 amide bonds. The van der Waals surface area contributed by atoms with Crippen molar-refractivity contribution in [3.8, 4) is 0 Å². The van der Waals surface area contributed by atoms with Gasteiger partial charge in [-0.3, -0.25) is 5.32 Å². The lowest BCUT2D eigenvalue weighted by atomic mass is 10.2. The van der Waals surface area contributed by atoms with Gasteiger partial charge in [0, 0.05) is 25.7 Å². The highest BCUT2D eigenvalue weighted by atomic mass is 35.5. The molecule has 0 saturated heterocycles. The lowest BCUT2D eigenvalue weighted by Gasteiger charge is -2.18. The fourth-order valence-corrected chi connectivity index (χ4v) is 3.32. The molecule has 0 aliphatic heterocycles. The molecule has 7 nitrogen and oxygen atoms in total. The molecule has 0 aliphatic carbocycles. The fourth-order valence-electron chi connectivity index (χ4n) is 2.33. The van der Waals surface area contributed by atoms with Crippen LogP contribution in [0.3, 0.4) is 0 Å². The Labute approximate surface area is 164 Å². The van der Waals surface area contributed by atoms with E-state index in [0.29, 0.717) is 45.2 Å². The largest absolute Gasteiger partial charge is 0.383 e. The summed E-state index contributed by atoms with van der Waals surface area (Å²) in [6, 6.07) is 7.60. The van der Waals surface area contributed by atoms with Crippen molar-refractivity contribution in [2.75, 3.05) is 37.5 Å². The van der Waals surface area contributed by atoms with Crippen molar-refractivity contribution in [2.24, 2.45) is 0 Å². The highest BCUT2D eigenvalue weighted by molar-refractivity contribution is 7.22. The summed E-state index contributed by atoms with van der Waals surface area (Å²) < 4.78 is 19.0. The zero-order valence-electron chi connectivity index (χ0n) is 14.6. The number of amides is 2. The van der Waals surface area contributed by atoms with Gasteiger partial charge in [-0.25, -0.2) is 19.2 Å². The van der Waals surface area contributed by atoms with E-state index in [-0.39, 0.29) is 6.03 Å². The minimum atomic E-state index is -0.439. The van der Waals surface area contributed by atoms with E-state index >= 15 is 0 Å². The van der Waals surface area contributed by atoms with Gasteiger partial charge in [-0.15, -0.1) is 0 Å². The van der Waals surface area contributed by atoms with Crippen molar-refractivity contribution < 1.29 is 13.9 Å². The average molecular weight is 410 g/mol. The molecule has 0 atom stereocenters. The summed E-state index contributed by atoms with van der Waals surface area (Å²) in [6.45, 7) is 0.818. The Morgan fingerprint density at radius 2 is 2.15 bits per heavy atom. The molecule has 0 bridgehead atoms. The Morgan fingerprint density at radius 3 is 2.89 bits per heavy atom. The summed E-state index contributed by atoms with van der Waals surface area (Å²) >= 11 is 7.03. The van der Waals surface area contributed by atoms with E-state index in [1.54, 1.807) is 43.3 Å². The molecule has 3 rings (SSSR count). The summed E-state index contributed by atoms with van der Waals surface area (Å²) in [4.78, 5) is 22.9. The molecule has 142 valence electrons. The molecule has 0 aliphatic rings. The number of methoxy groups -OCH3 is 1. The van der Waals surface area contributed by atoms with Gasteiger partial charge in [-0.1, -0.05) is 22.9 Å². The van der Waals surface area contributed by atoms with Crippen molar-refractivity contribution in [3.63, 3.8) is 0 Å². The number of fused-ring (bicyclic) bond motifs is 1. The quantitative estimate of drug-likeness (QED) is 0.601. The van der Waals surface area contributed by atoms with E-state index in [4.69, 9.17) is 16.3 Å². The summed E-state index contributed by atoms with van der Waals surface area (Å²) in [5.41, 5.74) is 0.993. The summed E-state index contributed by atoms with van der Waals surface area (Å²) in [5.74, 6) is 0.106. The maximum absolute atomic E-state index is 14.1. The Kier molecular flexibility index (Phi) is 6.04. The van der Waals surface area contributed by atoms with Crippen LogP contribution in [-0.2, 0) is 4.74 Å². The van der Waals surface area contributed by atoms with Gasteiger partial charge in [0.1, 0.15) is 22.0 Å². The maximum atomic E-state index is 14.1. The molecule has 2 aromatic heterocycles. The van der Waals surface area contributed by atoms with Crippen molar-refractivity contribution in [1.29, 1.82) is 0 Å². The molecule has 0 unspecified atom stereocenters. The number of halogens is 2. The number of nitrogens with zero attached hydrogens (tertiary/aromatic N) is 3. The third-order valence-electron chi connectivity index (χ3n) is 3.67. The second kappa shape index (κ2) is 8.47. The molecule has 0 radical (unpaired) electrons. The van der Waals surface area contributed by atoms with Crippen molar-refractivity contribution in [1.82, 2.24) is 15.3 Å². The topological polar surface area (TPSA) is 79.4 Å². The zero-order valence-corrected chi connectivity index (χ0v) is 16.2. The molecule has 2 heterocycles. The third kappa shape index (κ3) is 4.62. The van der Waals surface area contributed by atoms with E-state index in [0.717, 1.165) is 0 Å². The standard InChI is InChI=1S/C17H17ClFN5O2S/c1-24(13-5-3-10(18)9-11(13)19)14-6-4-12-15(22-14)27-17(21-12)23-16(25)20-7-8-26-2/h3-6,9H,7-8H2,1-2H3,(H2,20,21,23,25). The Hall–Kier alpha value is -2.49. The molecular formula is C17H17ClFN5O2S. The molecule has 27 heavy (non-hydrogen) atoms. The van der Waals surface area contributed by atoms with Crippen molar-refractivity contribution in [3.05, 3.63) is 41.2 Å². The number of carbonyl (C=O) groups excluding carboxylic acids is 1. The third-order valence-corrected chi connectivity index (χ3v) is 4.78. The van der Waals surface area contributed by atoms with Gasteiger partial charge < -0.3 is 15.0 Å². The van der Waals surface area contributed by atoms with Crippen LogP contribution in [0.2, 0.25) is 5.02 Å². The number of hydrogen-bond acceptors (Lipinski definition) is 6. The lowest BCUT2D eigenvalue weighted by Crippen LogP contribution is -2.31. The number of thiazole rings is 1. The molecule has 0 saturated carbocycles. The van der Waals surface area contributed by atoms with Crippen LogP contribution in [-0.4, -0.2) is 43.3 Å². The molecule has 3 aromatic rings. The number of aromatic nitrogens is 2. The van der Waals surface area contributed by atoms with Crippen molar-refractivity contribution in [2.45, 2.75) is 0 Å². The van der Waals surface area contributed by atoms with Gasteiger partial charge in [-0.2, -0.15) is 0 Å². The van der Waals surface area contributed by atoms with Crippen LogP contribution in [0, 0.1) is 5.82 Å². The predicted molar refractivity (Wildman–Crippen MR) is 106 cm³/mol. The molecule has 0 fully saturated rings. The monoisotopic (exact) mass is 409 g/mol. The first-order valence-electron chi connectivity index (χ1n) is 7.98. The van der Waals surface area contributed by atoms with Crippen LogP contribution in [0.1, 0.15) is 0 Å². The highest BCUT2D eigenvalue weighted by Gasteiger charge is 2.14. The SMILES string of the molecule is COCCNC(=O)Nc1nc2ccc(N(C)c3ccc(Cl)cc3F)nc2s1. The predicted octanol–water partition coefficient (Wildman–Crippen LogP) is 4.02. The molecular weight excluding hydrogens is 393 g/mol. The van der Waals surface area contributed by atoms with Gasteiger partial charge in [0.25, 0.3) is 0 Å². The van der Waals surface area contributed by atoms with Crippen LogP contribution in [0.4, 0.5) is 25.8 Å². The first-order valence-corrected chi connectivity index (χ1v) is 9.17. The number of pyridine rings is 1. The Bertz CT molecular complexity index is 968. The van der Waals surface area contributed by atoms with Crippen LogP contribution < -0.4 is 15.5 Å². The van der Waals surface area contributed by atoms with Gasteiger partial charge in [0.05, 0.1) is 12.3 Å². The number of benzene rings is 1. The van der Waals surface area contributed by atoms with E-state index in [1.807, 2.05) is 0 Å². The van der Waals surface area contributed by atoms with Crippen LogP contribution in [0.5, 0.6) is 0 Å². The first-order chi connectivity index (χ1) is 13.0. The second-order valence-electron chi connectivity index (χ2n) is 5.54. The number of nitrogens with one attached hydrogen (secondary N) is 2. The van der Waals surface area contributed by atoms with Crippen LogP contribution >= 0.6 is 22.9 Å². The van der Waals surface area contributed by atoms with Gasteiger partial charge in [0.2, 0.25) is 0 Å². The fraction of sp³-hybridized carbons (Fsp3) is 0.235. The normalized spacial score (nSPS) is 10.8. The number of rotatable bonds is 6. The number of urea groups is 1. The number of anilines is 3. The van der Waals surface area contributed by atoms with E-state index in [1.165, 1.54) is 17.4 Å². The minimum absolute atomic E-state index is 0.329. The maximum Gasteiger partial charge on any atom is 0.321 e. The number of carbonyl (C=O) groups is 1. The second-order valence-corrected chi connectivity index (χ2v) is 6.96. The van der Waals surface area contributed by atoms with E-state index in [2.05, 4.69) is 20.6 Å². The zero-order chi connectivity index (χ0) is 19.4. The van der Waals surface area contributed by atoms with Crippen molar-refractivity contribution >= 4 is 56.0 Å². The average Bonchev–Trinajstić information content (AvgIpc) is 3.02. The first kappa shape index (κ1) is 19.3. The molecule has 0 spiro atoms. The van der Waals surface area contributed by atoms with E-state index < -0.39 is 5.82 Å². The minimum Gasteiger partial charge on any atom is -0.383 e. The lowest BCUT2D eigenvalue weighted by molar-refractivity contribution is 0.198. The molecule has 10 heteroatoms. The van der Waals surface area contributed by atoms with Crippen LogP contribution in [0.15, 0.2) is 30.3 Å². The number of ether oxygens (including phenoxy) is 1. The van der Waals surface area contributed by atoms with Gasteiger partial charge in [-0.05, 0) is 30.3 Å². The molecule has 2 N–H and O–H groups in total.